The monoisotopic (exact) mass is 262 g/mol. The molecule has 102 valence electrons. The molecule has 0 saturated carbocycles. The second-order valence-corrected chi connectivity index (χ2v) is 4.60. The number of nitrogens with zero attached hydrogens (tertiary/aromatic N) is 5. The zero-order chi connectivity index (χ0) is 13.8. The highest BCUT2D eigenvalue weighted by molar-refractivity contribution is 5.18. The molecular formula is C12H18N6O. The van der Waals surface area contributed by atoms with E-state index in [1.165, 1.54) is 0 Å². The summed E-state index contributed by atoms with van der Waals surface area (Å²) in [5.74, 6) is 0. The molecule has 2 rings (SSSR count). The van der Waals surface area contributed by atoms with Gasteiger partial charge in [0.2, 0.25) is 0 Å². The van der Waals surface area contributed by atoms with Crippen molar-refractivity contribution >= 4 is 0 Å². The minimum atomic E-state index is 0.245. The Labute approximate surface area is 112 Å². The molecule has 0 fully saturated rings. The highest BCUT2D eigenvalue weighted by Gasteiger charge is 2.08. The van der Waals surface area contributed by atoms with Gasteiger partial charge in [-0.15, -0.1) is 5.10 Å². The molecule has 0 aliphatic heterocycles. The summed E-state index contributed by atoms with van der Waals surface area (Å²) in [6.45, 7) is 6.87. The predicted octanol–water partition coefficient (Wildman–Crippen LogP) is 1.20. The first kappa shape index (κ1) is 13.4. The van der Waals surface area contributed by atoms with Crippen molar-refractivity contribution in [2.24, 2.45) is 7.05 Å². The lowest BCUT2D eigenvalue weighted by Gasteiger charge is -2.10. The highest BCUT2D eigenvalue weighted by Crippen LogP contribution is 2.13. The molecule has 0 radical (unpaired) electrons. The van der Waals surface area contributed by atoms with Gasteiger partial charge >= 0.3 is 12.0 Å². The first-order valence-corrected chi connectivity index (χ1v) is 6.14. The normalized spacial score (nSPS) is 11.0. The van der Waals surface area contributed by atoms with Crippen LogP contribution in [-0.2, 0) is 13.6 Å². The average Bonchev–Trinajstić information content (AvgIpc) is 2.73. The Bertz CT molecular complexity index is 551. The van der Waals surface area contributed by atoms with Gasteiger partial charge in [0.15, 0.2) is 0 Å². The quantitative estimate of drug-likeness (QED) is 0.872. The molecule has 0 spiro atoms. The number of hydrogen-bond acceptors (Lipinski definition) is 6. The van der Waals surface area contributed by atoms with Crippen molar-refractivity contribution in [2.75, 3.05) is 0 Å². The zero-order valence-corrected chi connectivity index (χ0v) is 11.6. The van der Waals surface area contributed by atoms with Crippen LogP contribution in [-0.4, -0.2) is 30.8 Å². The van der Waals surface area contributed by atoms with Crippen LogP contribution in [0.5, 0.6) is 12.0 Å². The molecule has 0 atom stereocenters. The number of aryl methyl sites for hydroxylation is 2. The molecule has 0 aliphatic carbocycles. The topological polar surface area (TPSA) is 77.8 Å². The van der Waals surface area contributed by atoms with Crippen LogP contribution < -0.4 is 10.1 Å². The summed E-state index contributed by atoms with van der Waals surface area (Å²) in [4.78, 5) is 12.4. The van der Waals surface area contributed by atoms with E-state index in [2.05, 4.69) is 39.2 Å². The molecule has 0 bridgehead atoms. The molecule has 2 aromatic heterocycles. The van der Waals surface area contributed by atoms with E-state index in [4.69, 9.17) is 4.74 Å². The van der Waals surface area contributed by atoms with Gasteiger partial charge in [0.25, 0.3) is 0 Å². The highest BCUT2D eigenvalue weighted by atomic mass is 16.5. The lowest BCUT2D eigenvalue weighted by Crippen LogP contribution is -2.22. The van der Waals surface area contributed by atoms with Gasteiger partial charge in [0, 0.05) is 37.1 Å². The summed E-state index contributed by atoms with van der Waals surface area (Å²) in [7, 11) is 1.77. The van der Waals surface area contributed by atoms with Gasteiger partial charge in [0.1, 0.15) is 6.33 Å². The maximum atomic E-state index is 5.37. The van der Waals surface area contributed by atoms with E-state index in [0.29, 0.717) is 6.04 Å². The predicted molar refractivity (Wildman–Crippen MR) is 69.8 cm³/mol. The van der Waals surface area contributed by atoms with Gasteiger partial charge < -0.3 is 10.1 Å². The van der Waals surface area contributed by atoms with E-state index >= 15 is 0 Å². The van der Waals surface area contributed by atoms with Crippen LogP contribution in [0.15, 0.2) is 12.5 Å². The molecule has 2 heterocycles. The van der Waals surface area contributed by atoms with Crippen LogP contribution in [0.4, 0.5) is 0 Å². The van der Waals surface area contributed by atoms with E-state index in [9.17, 15) is 0 Å². The number of nitrogens with one attached hydrogen (secondary N) is 1. The van der Waals surface area contributed by atoms with Crippen molar-refractivity contribution in [3.05, 3.63) is 23.8 Å². The summed E-state index contributed by atoms with van der Waals surface area (Å²) in [5.41, 5.74) is 1.93. The van der Waals surface area contributed by atoms with Crippen molar-refractivity contribution in [3.8, 4) is 12.0 Å². The number of ether oxygens (including phenoxy) is 1. The smallest absolute Gasteiger partial charge is 0.343 e. The van der Waals surface area contributed by atoms with Gasteiger partial charge in [-0.25, -0.2) is 4.98 Å². The van der Waals surface area contributed by atoms with Crippen LogP contribution in [0.3, 0.4) is 0 Å². The largest absolute Gasteiger partial charge is 0.387 e. The van der Waals surface area contributed by atoms with E-state index in [-0.39, 0.29) is 12.0 Å². The van der Waals surface area contributed by atoms with Crippen LogP contribution in [0, 0.1) is 6.92 Å². The molecule has 1 N–H and O–H groups in total. The van der Waals surface area contributed by atoms with Crippen LogP contribution in [0.2, 0.25) is 0 Å². The molecule has 2 aromatic rings. The Balaban J connectivity index is 2.06. The summed E-state index contributed by atoms with van der Waals surface area (Å²) >= 11 is 0. The van der Waals surface area contributed by atoms with Crippen LogP contribution >= 0.6 is 0 Å². The van der Waals surface area contributed by atoms with Gasteiger partial charge in [-0.2, -0.15) is 9.97 Å². The molecule has 7 heteroatoms. The van der Waals surface area contributed by atoms with Crippen molar-refractivity contribution in [3.63, 3.8) is 0 Å². The molecular weight excluding hydrogens is 244 g/mol. The molecule has 0 unspecified atom stereocenters. The zero-order valence-electron chi connectivity index (χ0n) is 11.6. The standard InChI is InChI=1S/C12H18N6O/c1-8(2)13-5-10-6-14-11(16-9(10)3)19-12-15-7-18(4)17-12/h6-8,13H,5H2,1-4H3. The minimum absolute atomic E-state index is 0.245. The van der Waals surface area contributed by atoms with Gasteiger partial charge in [0.05, 0.1) is 0 Å². The molecule has 19 heavy (non-hydrogen) atoms. The lowest BCUT2D eigenvalue weighted by molar-refractivity contribution is 0.402. The lowest BCUT2D eigenvalue weighted by atomic mass is 10.2. The van der Waals surface area contributed by atoms with E-state index < -0.39 is 0 Å². The third-order valence-electron chi connectivity index (χ3n) is 2.52. The Morgan fingerprint density at radius 1 is 1.32 bits per heavy atom. The maximum Gasteiger partial charge on any atom is 0.343 e. The van der Waals surface area contributed by atoms with Crippen molar-refractivity contribution in [1.82, 2.24) is 30.0 Å². The van der Waals surface area contributed by atoms with E-state index in [0.717, 1.165) is 17.8 Å². The Hall–Kier alpha value is -2.02. The fourth-order valence-electron chi connectivity index (χ4n) is 1.46. The summed E-state index contributed by atoms with van der Waals surface area (Å²) in [6, 6.07) is 0.931. The summed E-state index contributed by atoms with van der Waals surface area (Å²) in [6.07, 6.45) is 3.32. The van der Waals surface area contributed by atoms with E-state index in [1.54, 1.807) is 24.3 Å². The van der Waals surface area contributed by atoms with Gasteiger partial charge in [-0.05, 0) is 6.92 Å². The average molecular weight is 262 g/mol. The Kier molecular flexibility index (Phi) is 4.06. The number of aromatic nitrogens is 5. The first-order chi connectivity index (χ1) is 9.04. The molecule has 0 amide bonds. The first-order valence-electron chi connectivity index (χ1n) is 6.14. The van der Waals surface area contributed by atoms with Crippen molar-refractivity contribution in [1.29, 1.82) is 0 Å². The molecule has 7 nitrogen and oxygen atoms in total. The fourth-order valence-corrected chi connectivity index (χ4v) is 1.46. The van der Waals surface area contributed by atoms with Gasteiger partial charge in [-0.3, -0.25) is 4.68 Å². The summed E-state index contributed by atoms with van der Waals surface area (Å²) < 4.78 is 6.93. The maximum absolute atomic E-state index is 5.37. The second-order valence-electron chi connectivity index (χ2n) is 4.60. The van der Waals surface area contributed by atoms with Crippen LogP contribution in [0.1, 0.15) is 25.1 Å². The Morgan fingerprint density at radius 2 is 2.11 bits per heavy atom. The van der Waals surface area contributed by atoms with Crippen molar-refractivity contribution in [2.45, 2.75) is 33.4 Å². The van der Waals surface area contributed by atoms with Gasteiger partial charge in [-0.1, -0.05) is 13.8 Å². The van der Waals surface area contributed by atoms with E-state index in [1.807, 2.05) is 6.92 Å². The number of hydrogen-bond donors (Lipinski definition) is 1. The molecule has 0 aliphatic rings. The molecule has 0 saturated heterocycles. The third-order valence-corrected chi connectivity index (χ3v) is 2.52. The number of rotatable bonds is 5. The van der Waals surface area contributed by atoms with Crippen LogP contribution in [0.25, 0.3) is 0 Å². The minimum Gasteiger partial charge on any atom is -0.387 e. The fraction of sp³-hybridized carbons (Fsp3) is 0.500. The SMILES string of the molecule is Cc1nc(Oc2ncn(C)n2)ncc1CNC(C)C. The summed E-state index contributed by atoms with van der Waals surface area (Å²) in [5, 5.41) is 7.33. The van der Waals surface area contributed by atoms with Crippen molar-refractivity contribution < 1.29 is 4.74 Å². The second kappa shape index (κ2) is 5.75. The Morgan fingerprint density at radius 3 is 2.68 bits per heavy atom. The third kappa shape index (κ3) is 3.72. The molecule has 0 aromatic carbocycles.